The quantitative estimate of drug-likeness (QED) is 0.908. The average molecular weight is 282 g/mol. The van der Waals surface area contributed by atoms with E-state index in [-0.39, 0.29) is 5.56 Å². The SMILES string of the molecule is Cc1cc(C)cc(CNC2CCCc3[nH]c(=O)ccc32)c1. The van der Waals surface area contributed by atoms with Gasteiger partial charge in [-0.05, 0) is 44.2 Å². The average Bonchev–Trinajstić information content (AvgIpc) is 2.43. The highest BCUT2D eigenvalue weighted by molar-refractivity contribution is 5.30. The molecule has 1 aromatic carbocycles. The Morgan fingerprint density at radius 2 is 1.95 bits per heavy atom. The molecule has 21 heavy (non-hydrogen) atoms. The summed E-state index contributed by atoms with van der Waals surface area (Å²) in [5.41, 5.74) is 6.30. The van der Waals surface area contributed by atoms with Crippen molar-refractivity contribution in [2.45, 2.75) is 45.7 Å². The molecule has 0 radical (unpaired) electrons. The molecule has 1 aliphatic carbocycles. The second-order valence-electron chi connectivity index (χ2n) is 6.08. The lowest BCUT2D eigenvalue weighted by molar-refractivity contribution is 0.453. The van der Waals surface area contributed by atoms with Crippen LogP contribution in [0.2, 0.25) is 0 Å². The van der Waals surface area contributed by atoms with Gasteiger partial charge in [-0.3, -0.25) is 4.79 Å². The normalized spacial score (nSPS) is 17.5. The van der Waals surface area contributed by atoms with Crippen molar-refractivity contribution in [1.82, 2.24) is 10.3 Å². The van der Waals surface area contributed by atoms with Crippen molar-refractivity contribution in [2.24, 2.45) is 0 Å². The molecular formula is C18H22N2O. The number of pyridine rings is 1. The molecule has 110 valence electrons. The Kier molecular flexibility index (Phi) is 3.93. The fourth-order valence-corrected chi connectivity index (χ4v) is 3.32. The Hall–Kier alpha value is -1.87. The molecule has 3 nitrogen and oxygen atoms in total. The molecule has 1 unspecified atom stereocenters. The van der Waals surface area contributed by atoms with Crippen LogP contribution in [0.4, 0.5) is 0 Å². The maximum absolute atomic E-state index is 11.4. The molecule has 0 spiro atoms. The Balaban J connectivity index is 1.76. The summed E-state index contributed by atoms with van der Waals surface area (Å²) < 4.78 is 0. The number of nitrogens with one attached hydrogen (secondary N) is 2. The third-order valence-electron chi connectivity index (χ3n) is 4.17. The Labute approximate surface area is 125 Å². The van der Waals surface area contributed by atoms with E-state index in [0.29, 0.717) is 6.04 Å². The van der Waals surface area contributed by atoms with Gasteiger partial charge in [-0.25, -0.2) is 0 Å². The summed E-state index contributed by atoms with van der Waals surface area (Å²) in [6, 6.07) is 10.6. The van der Waals surface area contributed by atoms with Crippen LogP contribution in [-0.2, 0) is 13.0 Å². The fourth-order valence-electron chi connectivity index (χ4n) is 3.32. The van der Waals surface area contributed by atoms with Crippen molar-refractivity contribution in [2.75, 3.05) is 0 Å². The van der Waals surface area contributed by atoms with Crippen LogP contribution in [0.5, 0.6) is 0 Å². The molecule has 3 rings (SSSR count). The third-order valence-corrected chi connectivity index (χ3v) is 4.17. The summed E-state index contributed by atoms with van der Waals surface area (Å²) in [4.78, 5) is 14.4. The van der Waals surface area contributed by atoms with Crippen LogP contribution in [-0.4, -0.2) is 4.98 Å². The molecule has 0 amide bonds. The number of aromatic amines is 1. The van der Waals surface area contributed by atoms with Crippen LogP contribution >= 0.6 is 0 Å². The van der Waals surface area contributed by atoms with Crippen molar-refractivity contribution < 1.29 is 0 Å². The number of benzene rings is 1. The Morgan fingerprint density at radius 1 is 1.19 bits per heavy atom. The molecule has 1 atom stereocenters. The molecule has 0 saturated carbocycles. The van der Waals surface area contributed by atoms with Gasteiger partial charge in [0.25, 0.3) is 0 Å². The number of aryl methyl sites for hydroxylation is 3. The highest BCUT2D eigenvalue weighted by atomic mass is 16.1. The van der Waals surface area contributed by atoms with Crippen LogP contribution in [0, 0.1) is 13.8 Å². The van der Waals surface area contributed by atoms with Crippen molar-refractivity contribution in [3.63, 3.8) is 0 Å². The summed E-state index contributed by atoms with van der Waals surface area (Å²) in [5, 5.41) is 3.65. The first-order valence-corrected chi connectivity index (χ1v) is 7.64. The smallest absolute Gasteiger partial charge is 0.248 e. The van der Waals surface area contributed by atoms with E-state index in [0.717, 1.165) is 31.5 Å². The molecule has 0 fully saturated rings. The van der Waals surface area contributed by atoms with Gasteiger partial charge in [-0.2, -0.15) is 0 Å². The van der Waals surface area contributed by atoms with Crippen LogP contribution in [0.3, 0.4) is 0 Å². The lowest BCUT2D eigenvalue weighted by Crippen LogP contribution is -2.27. The number of aromatic nitrogens is 1. The third kappa shape index (κ3) is 3.24. The lowest BCUT2D eigenvalue weighted by Gasteiger charge is -2.26. The molecular weight excluding hydrogens is 260 g/mol. The summed E-state index contributed by atoms with van der Waals surface area (Å²) in [5.74, 6) is 0. The van der Waals surface area contributed by atoms with E-state index in [4.69, 9.17) is 0 Å². The molecule has 0 aliphatic heterocycles. The maximum Gasteiger partial charge on any atom is 0.248 e. The van der Waals surface area contributed by atoms with Crippen LogP contribution in [0.15, 0.2) is 35.1 Å². The molecule has 0 saturated heterocycles. The molecule has 0 bridgehead atoms. The monoisotopic (exact) mass is 282 g/mol. The highest BCUT2D eigenvalue weighted by Gasteiger charge is 2.20. The first kappa shape index (κ1) is 14.1. The van der Waals surface area contributed by atoms with Crippen molar-refractivity contribution >= 4 is 0 Å². The number of hydrogen-bond acceptors (Lipinski definition) is 2. The van der Waals surface area contributed by atoms with E-state index < -0.39 is 0 Å². The van der Waals surface area contributed by atoms with Gasteiger partial charge in [0.05, 0.1) is 0 Å². The zero-order valence-electron chi connectivity index (χ0n) is 12.7. The summed E-state index contributed by atoms with van der Waals surface area (Å²) in [6.45, 7) is 5.14. The topological polar surface area (TPSA) is 44.9 Å². The van der Waals surface area contributed by atoms with Gasteiger partial charge in [0.2, 0.25) is 5.56 Å². The standard InChI is InChI=1S/C18H22N2O/c1-12-8-13(2)10-14(9-12)11-19-16-4-3-5-17-15(16)6-7-18(21)20-17/h6-10,16,19H,3-5,11H2,1-2H3,(H,20,21). The molecule has 3 heteroatoms. The summed E-state index contributed by atoms with van der Waals surface area (Å²) in [6.07, 6.45) is 3.23. The van der Waals surface area contributed by atoms with Crippen molar-refractivity contribution in [3.05, 3.63) is 68.6 Å². The molecule has 2 aromatic rings. The van der Waals surface area contributed by atoms with Crippen molar-refractivity contribution in [1.29, 1.82) is 0 Å². The number of fused-ring (bicyclic) bond motifs is 1. The second kappa shape index (κ2) is 5.86. The highest BCUT2D eigenvalue weighted by Crippen LogP contribution is 2.27. The minimum atomic E-state index is 0.00343. The fraction of sp³-hybridized carbons (Fsp3) is 0.389. The lowest BCUT2D eigenvalue weighted by atomic mass is 9.91. The van der Waals surface area contributed by atoms with E-state index in [9.17, 15) is 4.79 Å². The zero-order chi connectivity index (χ0) is 14.8. The number of rotatable bonds is 3. The van der Waals surface area contributed by atoms with Gasteiger partial charge in [-0.1, -0.05) is 35.4 Å². The van der Waals surface area contributed by atoms with E-state index >= 15 is 0 Å². The first-order chi connectivity index (χ1) is 10.1. The van der Waals surface area contributed by atoms with Crippen molar-refractivity contribution in [3.8, 4) is 0 Å². The molecule has 1 aromatic heterocycles. The van der Waals surface area contributed by atoms with E-state index in [2.05, 4.69) is 42.3 Å². The zero-order valence-corrected chi connectivity index (χ0v) is 12.7. The van der Waals surface area contributed by atoms with E-state index in [1.165, 1.54) is 22.3 Å². The largest absolute Gasteiger partial charge is 0.326 e. The van der Waals surface area contributed by atoms with Crippen LogP contribution in [0.25, 0.3) is 0 Å². The molecule has 1 aliphatic rings. The van der Waals surface area contributed by atoms with Gasteiger partial charge in [-0.15, -0.1) is 0 Å². The molecule has 1 heterocycles. The maximum atomic E-state index is 11.4. The van der Waals surface area contributed by atoms with E-state index in [1.807, 2.05) is 6.07 Å². The number of H-pyrrole nitrogens is 1. The van der Waals surface area contributed by atoms with Gasteiger partial charge in [0, 0.05) is 24.3 Å². The van der Waals surface area contributed by atoms with Crippen LogP contribution in [0.1, 0.15) is 46.8 Å². The van der Waals surface area contributed by atoms with Crippen LogP contribution < -0.4 is 10.9 Å². The minimum Gasteiger partial charge on any atom is -0.326 e. The van der Waals surface area contributed by atoms with Gasteiger partial charge >= 0.3 is 0 Å². The van der Waals surface area contributed by atoms with Gasteiger partial charge in [0.15, 0.2) is 0 Å². The first-order valence-electron chi connectivity index (χ1n) is 7.64. The molecule has 2 N–H and O–H groups in total. The van der Waals surface area contributed by atoms with Gasteiger partial charge in [0.1, 0.15) is 0 Å². The number of hydrogen-bond donors (Lipinski definition) is 2. The summed E-state index contributed by atoms with van der Waals surface area (Å²) in [7, 11) is 0. The predicted octanol–water partition coefficient (Wildman–Crippen LogP) is 3.16. The van der Waals surface area contributed by atoms with E-state index in [1.54, 1.807) is 6.07 Å². The minimum absolute atomic E-state index is 0.00343. The second-order valence-corrected chi connectivity index (χ2v) is 6.08. The Bertz CT molecular complexity index is 682. The summed E-state index contributed by atoms with van der Waals surface area (Å²) >= 11 is 0. The van der Waals surface area contributed by atoms with Gasteiger partial charge < -0.3 is 10.3 Å². The Morgan fingerprint density at radius 3 is 2.71 bits per heavy atom. The predicted molar refractivity (Wildman–Crippen MR) is 85.5 cm³/mol.